The molecule has 1 aliphatic rings. The van der Waals surface area contributed by atoms with Crippen LogP contribution < -0.4 is 15.7 Å². The minimum atomic E-state index is -0.260. The third kappa shape index (κ3) is 3.90. The van der Waals surface area contributed by atoms with Crippen molar-refractivity contribution >= 4 is 22.6 Å². The van der Waals surface area contributed by atoms with Crippen LogP contribution in [0.15, 0.2) is 45.6 Å². The Bertz CT molecular complexity index is 1130. The number of anilines is 1. The molecule has 3 aromatic rings. The molecule has 0 bridgehead atoms. The highest BCUT2D eigenvalue weighted by atomic mass is 16.5. The number of hydrogen-bond donors (Lipinski definition) is 1. The van der Waals surface area contributed by atoms with E-state index in [0.717, 1.165) is 47.0 Å². The first-order valence-electron chi connectivity index (χ1n) is 10.0. The lowest BCUT2D eigenvalue weighted by atomic mass is 10.0. The zero-order valence-electron chi connectivity index (χ0n) is 17.0. The van der Waals surface area contributed by atoms with Gasteiger partial charge in [-0.15, -0.1) is 0 Å². The maximum atomic E-state index is 12.4. The molecule has 1 amide bonds. The summed E-state index contributed by atoms with van der Waals surface area (Å²) in [5, 5.41) is 3.68. The topological polar surface area (TPSA) is 68.5 Å². The fourth-order valence-electron chi connectivity index (χ4n) is 3.91. The van der Waals surface area contributed by atoms with E-state index < -0.39 is 0 Å². The quantitative estimate of drug-likeness (QED) is 0.639. The molecule has 29 heavy (non-hydrogen) atoms. The van der Waals surface area contributed by atoms with Crippen molar-refractivity contribution in [2.75, 3.05) is 11.9 Å². The number of carbonyl (C=O) groups is 1. The van der Waals surface area contributed by atoms with Crippen molar-refractivity contribution in [2.24, 2.45) is 0 Å². The standard InChI is InChI=1S/C24H25NO4/c1-14(2)16-7-9-17(10-8-16)25-22(26)13-28-20-11-15(3)12-21-23(20)18-5-4-6-19(18)24(27)29-21/h7-12,14H,4-6,13H2,1-3H3,(H,25,26). The third-order valence-electron chi connectivity index (χ3n) is 5.40. The predicted molar refractivity (Wildman–Crippen MR) is 114 cm³/mol. The first-order chi connectivity index (χ1) is 13.9. The maximum absolute atomic E-state index is 12.4. The molecule has 0 atom stereocenters. The van der Waals surface area contributed by atoms with Gasteiger partial charge in [-0.1, -0.05) is 26.0 Å². The number of ether oxygens (including phenoxy) is 1. The molecule has 1 N–H and O–H groups in total. The summed E-state index contributed by atoms with van der Waals surface area (Å²) < 4.78 is 11.4. The highest BCUT2D eigenvalue weighted by molar-refractivity contribution is 5.93. The normalized spacial score (nSPS) is 13.0. The minimum absolute atomic E-state index is 0.113. The van der Waals surface area contributed by atoms with Gasteiger partial charge in [-0.05, 0) is 73.1 Å². The van der Waals surface area contributed by atoms with Gasteiger partial charge in [0.05, 0.1) is 5.39 Å². The molecule has 0 fully saturated rings. The van der Waals surface area contributed by atoms with Crippen molar-refractivity contribution < 1.29 is 13.9 Å². The molecule has 0 saturated heterocycles. The molecule has 0 unspecified atom stereocenters. The largest absolute Gasteiger partial charge is 0.483 e. The van der Waals surface area contributed by atoms with E-state index in [1.807, 2.05) is 43.3 Å². The molecule has 5 heteroatoms. The average Bonchev–Trinajstić information content (AvgIpc) is 3.16. The molecule has 150 valence electrons. The first kappa shape index (κ1) is 19.2. The van der Waals surface area contributed by atoms with Gasteiger partial charge < -0.3 is 14.5 Å². The van der Waals surface area contributed by atoms with E-state index >= 15 is 0 Å². The van der Waals surface area contributed by atoms with Crippen LogP contribution in [0.25, 0.3) is 11.0 Å². The predicted octanol–water partition coefficient (Wildman–Crippen LogP) is 4.73. The second kappa shape index (κ2) is 7.74. The lowest BCUT2D eigenvalue weighted by Gasteiger charge is -2.13. The van der Waals surface area contributed by atoms with Crippen LogP contribution in [0.2, 0.25) is 0 Å². The number of benzene rings is 2. The Kier molecular flexibility index (Phi) is 5.14. The van der Waals surface area contributed by atoms with Gasteiger partial charge in [0.1, 0.15) is 11.3 Å². The van der Waals surface area contributed by atoms with Crippen LogP contribution in [-0.2, 0) is 17.6 Å². The highest BCUT2D eigenvalue weighted by Gasteiger charge is 2.22. The molecule has 5 nitrogen and oxygen atoms in total. The second-order valence-corrected chi connectivity index (χ2v) is 7.95. The molecule has 1 heterocycles. The smallest absolute Gasteiger partial charge is 0.339 e. The van der Waals surface area contributed by atoms with Crippen molar-refractivity contribution in [3.8, 4) is 5.75 Å². The Morgan fingerprint density at radius 2 is 1.86 bits per heavy atom. The monoisotopic (exact) mass is 391 g/mol. The Morgan fingerprint density at radius 3 is 2.59 bits per heavy atom. The molecular weight excluding hydrogens is 366 g/mol. The van der Waals surface area contributed by atoms with Crippen molar-refractivity contribution in [2.45, 2.75) is 46.0 Å². The zero-order valence-corrected chi connectivity index (χ0v) is 17.0. The number of rotatable bonds is 5. The summed E-state index contributed by atoms with van der Waals surface area (Å²) in [7, 11) is 0. The number of amides is 1. The Labute approximate surface area is 169 Å². The zero-order chi connectivity index (χ0) is 20.5. The summed E-state index contributed by atoms with van der Waals surface area (Å²) in [6.45, 7) is 6.06. The summed E-state index contributed by atoms with van der Waals surface area (Å²) in [5.41, 5.74) is 4.87. The lowest BCUT2D eigenvalue weighted by Crippen LogP contribution is -2.20. The molecule has 0 aliphatic heterocycles. The van der Waals surface area contributed by atoms with Crippen molar-refractivity contribution in [3.05, 3.63) is 69.1 Å². The Morgan fingerprint density at radius 1 is 1.14 bits per heavy atom. The Hall–Kier alpha value is -3.08. The van der Waals surface area contributed by atoms with Gasteiger partial charge in [0.25, 0.3) is 5.91 Å². The number of aryl methyl sites for hydroxylation is 2. The van der Waals surface area contributed by atoms with Gasteiger partial charge in [-0.2, -0.15) is 0 Å². The minimum Gasteiger partial charge on any atom is -0.483 e. The van der Waals surface area contributed by atoms with Gasteiger partial charge in [-0.3, -0.25) is 4.79 Å². The summed E-state index contributed by atoms with van der Waals surface area (Å²) in [6, 6.07) is 11.6. The van der Waals surface area contributed by atoms with Crippen molar-refractivity contribution in [1.29, 1.82) is 0 Å². The fourth-order valence-corrected chi connectivity index (χ4v) is 3.91. The van der Waals surface area contributed by atoms with Crippen LogP contribution >= 0.6 is 0 Å². The van der Waals surface area contributed by atoms with E-state index in [0.29, 0.717) is 17.3 Å². The Balaban J connectivity index is 1.54. The number of hydrogen-bond acceptors (Lipinski definition) is 4. The van der Waals surface area contributed by atoms with E-state index in [1.54, 1.807) is 0 Å². The molecule has 1 aliphatic carbocycles. The molecule has 0 saturated carbocycles. The summed E-state index contributed by atoms with van der Waals surface area (Å²) >= 11 is 0. The molecule has 4 rings (SSSR count). The van der Waals surface area contributed by atoms with Gasteiger partial charge in [0.2, 0.25) is 0 Å². The number of fused-ring (bicyclic) bond motifs is 3. The highest BCUT2D eigenvalue weighted by Crippen LogP contribution is 2.35. The van der Waals surface area contributed by atoms with E-state index in [4.69, 9.17) is 9.15 Å². The van der Waals surface area contributed by atoms with Crippen LogP contribution in [-0.4, -0.2) is 12.5 Å². The molecule has 2 aromatic carbocycles. The van der Waals surface area contributed by atoms with Gasteiger partial charge in [0, 0.05) is 11.3 Å². The van der Waals surface area contributed by atoms with Crippen LogP contribution in [0.1, 0.15) is 48.4 Å². The molecule has 0 radical (unpaired) electrons. The molecule has 0 spiro atoms. The van der Waals surface area contributed by atoms with E-state index in [9.17, 15) is 9.59 Å². The maximum Gasteiger partial charge on any atom is 0.339 e. The van der Waals surface area contributed by atoms with Crippen molar-refractivity contribution in [3.63, 3.8) is 0 Å². The summed E-state index contributed by atoms with van der Waals surface area (Å²) in [5.74, 6) is 0.803. The van der Waals surface area contributed by atoms with Crippen LogP contribution in [0.4, 0.5) is 5.69 Å². The second-order valence-electron chi connectivity index (χ2n) is 7.95. The summed E-state index contributed by atoms with van der Waals surface area (Å²) in [4.78, 5) is 24.6. The van der Waals surface area contributed by atoms with E-state index in [1.165, 1.54) is 5.56 Å². The molecular formula is C24H25NO4. The van der Waals surface area contributed by atoms with E-state index in [2.05, 4.69) is 19.2 Å². The molecule has 1 aromatic heterocycles. The van der Waals surface area contributed by atoms with E-state index in [-0.39, 0.29) is 18.1 Å². The number of carbonyl (C=O) groups excluding carboxylic acids is 1. The van der Waals surface area contributed by atoms with Crippen LogP contribution in [0, 0.1) is 6.92 Å². The van der Waals surface area contributed by atoms with Crippen molar-refractivity contribution in [1.82, 2.24) is 0 Å². The van der Waals surface area contributed by atoms with Gasteiger partial charge in [-0.25, -0.2) is 4.79 Å². The SMILES string of the molecule is Cc1cc(OCC(=O)Nc2ccc(C(C)C)cc2)c2c3c(c(=O)oc2c1)CCC3. The van der Waals surface area contributed by atoms with Gasteiger partial charge in [0.15, 0.2) is 6.61 Å². The van der Waals surface area contributed by atoms with Crippen LogP contribution in [0.5, 0.6) is 5.75 Å². The first-order valence-corrected chi connectivity index (χ1v) is 10.0. The number of nitrogens with one attached hydrogen (secondary N) is 1. The average molecular weight is 391 g/mol. The lowest BCUT2D eigenvalue weighted by molar-refractivity contribution is -0.118. The summed E-state index contributed by atoms with van der Waals surface area (Å²) in [6.07, 6.45) is 2.48. The van der Waals surface area contributed by atoms with Crippen LogP contribution in [0.3, 0.4) is 0 Å². The fraction of sp³-hybridized carbons (Fsp3) is 0.333. The third-order valence-corrected chi connectivity index (χ3v) is 5.40. The van der Waals surface area contributed by atoms with Gasteiger partial charge >= 0.3 is 5.63 Å².